The Hall–Kier alpha value is -3.43. The molecule has 2 aromatic heterocycles. The summed E-state index contributed by atoms with van der Waals surface area (Å²) in [6.45, 7) is 2.25. The van der Waals surface area contributed by atoms with Crippen LogP contribution in [0.4, 0.5) is 0 Å². The second-order valence-corrected chi connectivity index (χ2v) is 8.78. The van der Waals surface area contributed by atoms with Gasteiger partial charge < -0.3 is 0 Å². The van der Waals surface area contributed by atoms with Gasteiger partial charge in [-0.1, -0.05) is 42.5 Å². The number of hydrogen-bond acceptors (Lipinski definition) is 6. The molecule has 0 aliphatic heterocycles. The zero-order chi connectivity index (χ0) is 21.0. The van der Waals surface area contributed by atoms with E-state index in [9.17, 15) is 8.42 Å². The van der Waals surface area contributed by atoms with Gasteiger partial charge in [0.1, 0.15) is 0 Å². The lowest BCUT2D eigenvalue weighted by atomic mass is 10.1. The third kappa shape index (κ3) is 4.42. The summed E-state index contributed by atoms with van der Waals surface area (Å²) in [5, 5.41) is 13.9. The van der Waals surface area contributed by atoms with E-state index in [4.69, 9.17) is 0 Å². The van der Waals surface area contributed by atoms with Gasteiger partial charge in [0, 0.05) is 18.3 Å². The molecular formula is C21H20N6O2S. The fourth-order valence-electron chi connectivity index (χ4n) is 3.07. The highest BCUT2D eigenvalue weighted by molar-refractivity contribution is 7.89. The first-order valence-electron chi connectivity index (χ1n) is 9.32. The van der Waals surface area contributed by atoms with Gasteiger partial charge in [-0.05, 0) is 47.5 Å². The zero-order valence-electron chi connectivity index (χ0n) is 16.3. The molecule has 0 aliphatic carbocycles. The van der Waals surface area contributed by atoms with Crippen molar-refractivity contribution < 1.29 is 8.42 Å². The van der Waals surface area contributed by atoms with E-state index in [1.807, 2.05) is 49.4 Å². The van der Waals surface area contributed by atoms with E-state index in [0.29, 0.717) is 11.5 Å². The minimum Gasteiger partial charge on any atom is -0.260 e. The van der Waals surface area contributed by atoms with Gasteiger partial charge in [-0.25, -0.2) is 8.42 Å². The highest BCUT2D eigenvalue weighted by Gasteiger charge is 2.25. The molecule has 0 aliphatic rings. The average molecular weight is 420 g/mol. The maximum absolute atomic E-state index is 13.4. The van der Waals surface area contributed by atoms with Crippen molar-refractivity contribution in [2.75, 3.05) is 0 Å². The summed E-state index contributed by atoms with van der Waals surface area (Å²) in [5.41, 5.74) is 3.20. The van der Waals surface area contributed by atoms with E-state index in [-0.39, 0.29) is 18.0 Å². The predicted octanol–water partition coefficient (Wildman–Crippen LogP) is 2.96. The summed E-state index contributed by atoms with van der Waals surface area (Å²) in [5.74, 6) is 0.485. The van der Waals surface area contributed by atoms with Crippen LogP contribution >= 0.6 is 0 Å². The molecule has 0 saturated heterocycles. The standard InChI is InChI=1S/C21H20N6O2S/c1-16-5-4-7-20(13-16)30(28,29)27(15-19-6-2-3-12-22-19)14-17-8-10-18(11-9-17)21-23-25-26-24-21/h2-13H,14-15H2,1H3,(H,23,24,25,26). The Bertz CT molecular complexity index is 1210. The lowest BCUT2D eigenvalue weighted by Gasteiger charge is -2.22. The quantitative estimate of drug-likeness (QED) is 0.493. The van der Waals surface area contributed by atoms with E-state index in [2.05, 4.69) is 25.6 Å². The second kappa shape index (κ2) is 8.52. The smallest absolute Gasteiger partial charge is 0.243 e. The second-order valence-electron chi connectivity index (χ2n) is 6.84. The normalized spacial score (nSPS) is 11.7. The maximum Gasteiger partial charge on any atom is 0.243 e. The molecule has 152 valence electrons. The fraction of sp³-hybridized carbons (Fsp3) is 0.143. The average Bonchev–Trinajstić information content (AvgIpc) is 3.29. The molecule has 0 fully saturated rings. The summed E-state index contributed by atoms with van der Waals surface area (Å²) in [6.07, 6.45) is 1.66. The van der Waals surface area contributed by atoms with E-state index >= 15 is 0 Å². The molecule has 4 rings (SSSR count). The van der Waals surface area contributed by atoms with Crippen molar-refractivity contribution in [1.82, 2.24) is 29.9 Å². The van der Waals surface area contributed by atoms with Gasteiger partial charge in [-0.2, -0.15) is 9.52 Å². The first-order chi connectivity index (χ1) is 14.5. The molecular weight excluding hydrogens is 400 g/mol. The molecule has 1 N–H and O–H groups in total. The Morgan fingerprint density at radius 1 is 0.967 bits per heavy atom. The summed E-state index contributed by atoms with van der Waals surface area (Å²) < 4.78 is 28.3. The number of aromatic nitrogens is 5. The predicted molar refractivity (Wildman–Crippen MR) is 111 cm³/mol. The van der Waals surface area contributed by atoms with Crippen LogP contribution in [-0.2, 0) is 23.1 Å². The third-order valence-corrected chi connectivity index (χ3v) is 6.40. The Labute approximate surface area is 174 Å². The fourth-order valence-corrected chi connectivity index (χ4v) is 4.57. The molecule has 9 heteroatoms. The molecule has 0 bridgehead atoms. The molecule has 0 saturated carbocycles. The molecule has 30 heavy (non-hydrogen) atoms. The van der Waals surface area contributed by atoms with E-state index in [1.54, 1.807) is 30.5 Å². The van der Waals surface area contributed by atoms with Crippen LogP contribution in [0.2, 0.25) is 0 Å². The van der Waals surface area contributed by atoms with Crippen molar-refractivity contribution in [2.24, 2.45) is 0 Å². The lowest BCUT2D eigenvalue weighted by Crippen LogP contribution is -2.30. The lowest BCUT2D eigenvalue weighted by molar-refractivity contribution is 0.397. The van der Waals surface area contributed by atoms with Crippen molar-refractivity contribution in [3.05, 3.63) is 89.7 Å². The monoisotopic (exact) mass is 420 g/mol. The minimum atomic E-state index is -3.72. The Morgan fingerprint density at radius 3 is 2.47 bits per heavy atom. The minimum absolute atomic E-state index is 0.170. The van der Waals surface area contributed by atoms with Crippen molar-refractivity contribution >= 4 is 10.0 Å². The van der Waals surface area contributed by atoms with Crippen LogP contribution in [0.25, 0.3) is 11.4 Å². The molecule has 0 amide bonds. The molecule has 0 radical (unpaired) electrons. The SMILES string of the molecule is Cc1cccc(S(=O)(=O)N(Cc2ccc(-c3nn[nH]n3)cc2)Cc2ccccn2)c1. The number of nitrogens with one attached hydrogen (secondary N) is 1. The summed E-state index contributed by atoms with van der Waals surface area (Å²) in [4.78, 5) is 4.57. The van der Waals surface area contributed by atoms with Gasteiger partial charge in [0.2, 0.25) is 15.8 Å². The van der Waals surface area contributed by atoms with Crippen LogP contribution in [0.5, 0.6) is 0 Å². The number of rotatable bonds is 7. The zero-order valence-corrected chi connectivity index (χ0v) is 17.1. The van der Waals surface area contributed by atoms with Crippen molar-refractivity contribution in [3.8, 4) is 11.4 Å². The van der Waals surface area contributed by atoms with Crippen LogP contribution in [0.1, 0.15) is 16.8 Å². The first-order valence-corrected chi connectivity index (χ1v) is 10.8. The largest absolute Gasteiger partial charge is 0.260 e. The number of aromatic amines is 1. The van der Waals surface area contributed by atoms with Crippen molar-refractivity contribution in [1.29, 1.82) is 0 Å². The number of aryl methyl sites for hydroxylation is 1. The molecule has 8 nitrogen and oxygen atoms in total. The summed E-state index contributed by atoms with van der Waals surface area (Å²) in [7, 11) is -3.72. The van der Waals surface area contributed by atoms with Crippen molar-refractivity contribution in [2.45, 2.75) is 24.9 Å². The van der Waals surface area contributed by atoms with Crippen molar-refractivity contribution in [3.63, 3.8) is 0 Å². The number of pyridine rings is 1. The maximum atomic E-state index is 13.4. The summed E-state index contributed by atoms with van der Waals surface area (Å²) in [6, 6.07) is 19.8. The van der Waals surface area contributed by atoms with Crippen LogP contribution < -0.4 is 0 Å². The summed E-state index contributed by atoms with van der Waals surface area (Å²) >= 11 is 0. The first kappa shape index (κ1) is 19.9. The molecule has 2 aromatic carbocycles. The molecule has 0 unspecified atom stereocenters. The number of H-pyrrole nitrogens is 1. The van der Waals surface area contributed by atoms with Gasteiger partial charge in [-0.15, -0.1) is 10.2 Å². The van der Waals surface area contributed by atoms with Crippen LogP contribution in [-0.4, -0.2) is 38.3 Å². The highest BCUT2D eigenvalue weighted by atomic mass is 32.2. The number of tetrazole rings is 1. The highest BCUT2D eigenvalue weighted by Crippen LogP contribution is 2.22. The number of sulfonamides is 1. The number of hydrogen-bond donors (Lipinski definition) is 1. The van der Waals surface area contributed by atoms with Crippen LogP contribution in [0.3, 0.4) is 0 Å². The Kier molecular flexibility index (Phi) is 5.64. The molecule has 2 heterocycles. The Morgan fingerprint density at radius 2 is 1.80 bits per heavy atom. The topological polar surface area (TPSA) is 105 Å². The van der Waals surface area contributed by atoms with Gasteiger partial charge in [-0.3, -0.25) is 4.98 Å². The van der Waals surface area contributed by atoms with Gasteiger partial charge in [0.25, 0.3) is 0 Å². The third-order valence-electron chi connectivity index (χ3n) is 4.61. The van der Waals surface area contributed by atoms with Gasteiger partial charge >= 0.3 is 0 Å². The van der Waals surface area contributed by atoms with Crippen LogP contribution in [0.15, 0.2) is 77.8 Å². The van der Waals surface area contributed by atoms with Crippen LogP contribution in [0, 0.1) is 6.92 Å². The van der Waals surface area contributed by atoms with E-state index < -0.39 is 10.0 Å². The number of nitrogens with zero attached hydrogens (tertiary/aromatic N) is 5. The van der Waals surface area contributed by atoms with E-state index in [1.165, 1.54) is 4.31 Å². The molecule has 4 aromatic rings. The van der Waals surface area contributed by atoms with Gasteiger partial charge in [0.05, 0.1) is 17.1 Å². The van der Waals surface area contributed by atoms with E-state index in [0.717, 1.165) is 16.7 Å². The number of benzene rings is 2. The molecule has 0 atom stereocenters. The molecule has 0 spiro atoms. The Balaban J connectivity index is 1.65. The van der Waals surface area contributed by atoms with Gasteiger partial charge in [0.15, 0.2) is 0 Å².